The average molecular weight is 254 g/mol. The number of carbonyl (C=O) groups excluding carboxylic acids is 1. The molecule has 1 fully saturated rings. The maximum atomic E-state index is 12.2. The van der Waals surface area contributed by atoms with Gasteiger partial charge in [0.25, 0.3) is 0 Å². The van der Waals surface area contributed by atoms with Crippen molar-refractivity contribution in [1.29, 1.82) is 0 Å². The van der Waals surface area contributed by atoms with Gasteiger partial charge in [-0.1, -0.05) is 0 Å². The summed E-state index contributed by atoms with van der Waals surface area (Å²) in [4.78, 5) is 12.4. The molecule has 0 aromatic rings. The van der Waals surface area contributed by atoms with Gasteiger partial charge in [0.05, 0.1) is 13.1 Å². The normalized spacial score (nSPS) is 16.3. The third-order valence-corrected chi connectivity index (χ3v) is 2.35. The minimum absolute atomic E-state index is 0.0636. The van der Waals surface area contributed by atoms with E-state index in [9.17, 15) is 18.0 Å². The molecule has 0 aromatic carbocycles. The second-order valence-electron chi connectivity index (χ2n) is 4.24. The van der Waals surface area contributed by atoms with E-state index in [0.717, 1.165) is 17.7 Å². The highest BCUT2D eigenvalue weighted by Crippen LogP contribution is 2.19. The van der Waals surface area contributed by atoms with Crippen LogP contribution >= 0.6 is 0 Å². The molecule has 4 nitrogen and oxygen atoms in total. The molecular formula is C10H17F3N2O2. The zero-order valence-electron chi connectivity index (χ0n) is 9.46. The summed E-state index contributed by atoms with van der Waals surface area (Å²) in [6.07, 6.45) is -2.29. The minimum atomic E-state index is -4.32. The van der Waals surface area contributed by atoms with E-state index in [1.54, 1.807) is 0 Å². The number of hydrogen-bond acceptors (Lipinski definition) is 3. The van der Waals surface area contributed by atoms with Gasteiger partial charge in [0, 0.05) is 19.2 Å². The smallest absolute Gasteiger partial charge is 0.396 e. The fourth-order valence-corrected chi connectivity index (χ4v) is 1.47. The monoisotopic (exact) mass is 254 g/mol. The fraction of sp³-hybridized carbons (Fsp3) is 0.900. The quantitative estimate of drug-likeness (QED) is 0.696. The molecule has 0 radical (unpaired) electrons. The Morgan fingerprint density at radius 3 is 2.53 bits per heavy atom. The lowest BCUT2D eigenvalue weighted by Crippen LogP contribution is -2.43. The summed E-state index contributed by atoms with van der Waals surface area (Å²) in [5, 5.41) is 11.2. The van der Waals surface area contributed by atoms with E-state index in [-0.39, 0.29) is 38.1 Å². The number of aliphatic hydroxyl groups is 1. The lowest BCUT2D eigenvalue weighted by Gasteiger charge is -2.22. The van der Waals surface area contributed by atoms with Crippen LogP contribution in [0.4, 0.5) is 13.2 Å². The highest BCUT2D eigenvalue weighted by Gasteiger charge is 2.32. The van der Waals surface area contributed by atoms with Crippen molar-refractivity contribution in [2.75, 3.05) is 26.2 Å². The first kappa shape index (κ1) is 14.2. The minimum Gasteiger partial charge on any atom is -0.396 e. The Morgan fingerprint density at radius 2 is 2.06 bits per heavy atom. The van der Waals surface area contributed by atoms with Crippen molar-refractivity contribution >= 4 is 5.91 Å². The molecule has 1 aliphatic carbocycles. The van der Waals surface area contributed by atoms with Crippen LogP contribution in [0, 0.1) is 0 Å². The number of hydrogen-bond donors (Lipinski definition) is 2. The zero-order chi connectivity index (χ0) is 12.9. The second kappa shape index (κ2) is 6.20. The van der Waals surface area contributed by atoms with E-state index in [1.165, 1.54) is 0 Å². The first-order chi connectivity index (χ1) is 7.90. The van der Waals surface area contributed by atoms with Crippen LogP contribution in [0.2, 0.25) is 0 Å². The van der Waals surface area contributed by atoms with E-state index >= 15 is 0 Å². The van der Waals surface area contributed by atoms with Crippen LogP contribution in [0.25, 0.3) is 0 Å². The van der Waals surface area contributed by atoms with Gasteiger partial charge in [-0.25, -0.2) is 0 Å². The average Bonchev–Trinajstić information content (AvgIpc) is 2.95. The number of aliphatic hydroxyl groups excluding tert-OH is 1. The van der Waals surface area contributed by atoms with Crippen LogP contribution in [0.5, 0.6) is 0 Å². The van der Waals surface area contributed by atoms with Gasteiger partial charge < -0.3 is 10.4 Å². The standard InChI is InChI=1S/C10H17F3N2O2/c11-10(12,13)7-15(4-1-5-16)6-9(17)14-8-2-3-8/h8,16H,1-7H2,(H,14,17). The summed E-state index contributed by atoms with van der Waals surface area (Å²) in [5.41, 5.74) is 0. The topological polar surface area (TPSA) is 52.6 Å². The largest absolute Gasteiger partial charge is 0.401 e. The Labute approximate surface area is 97.8 Å². The molecule has 0 heterocycles. The highest BCUT2D eigenvalue weighted by atomic mass is 19.4. The molecule has 0 unspecified atom stereocenters. The van der Waals surface area contributed by atoms with Crippen molar-refractivity contribution in [3.8, 4) is 0 Å². The maximum Gasteiger partial charge on any atom is 0.401 e. The summed E-state index contributed by atoms with van der Waals surface area (Å²) >= 11 is 0. The van der Waals surface area contributed by atoms with Crippen molar-refractivity contribution in [1.82, 2.24) is 10.2 Å². The predicted octanol–water partition coefficient (Wildman–Crippen LogP) is 0.512. The van der Waals surface area contributed by atoms with Gasteiger partial charge in [-0.05, 0) is 19.3 Å². The summed E-state index contributed by atoms with van der Waals surface area (Å²) in [6.45, 7) is -1.51. The number of halogens is 3. The number of carbonyl (C=O) groups is 1. The van der Waals surface area contributed by atoms with Crippen molar-refractivity contribution in [2.24, 2.45) is 0 Å². The molecule has 1 amide bonds. The van der Waals surface area contributed by atoms with E-state index in [0.29, 0.717) is 0 Å². The Morgan fingerprint density at radius 1 is 1.41 bits per heavy atom. The highest BCUT2D eigenvalue weighted by molar-refractivity contribution is 5.78. The van der Waals surface area contributed by atoms with Crippen molar-refractivity contribution < 1.29 is 23.1 Å². The van der Waals surface area contributed by atoms with Crippen LogP contribution < -0.4 is 5.32 Å². The number of amides is 1. The Kier molecular flexibility index (Phi) is 5.20. The zero-order valence-corrected chi connectivity index (χ0v) is 9.46. The van der Waals surface area contributed by atoms with Gasteiger partial charge in [-0.2, -0.15) is 13.2 Å². The Bertz CT molecular complexity index is 254. The molecule has 0 spiro atoms. The number of alkyl halides is 3. The molecule has 1 aliphatic rings. The van der Waals surface area contributed by atoms with Gasteiger partial charge in [-0.3, -0.25) is 9.69 Å². The van der Waals surface area contributed by atoms with Crippen LogP contribution in [-0.2, 0) is 4.79 Å². The molecule has 0 saturated heterocycles. The summed E-state index contributed by atoms with van der Waals surface area (Å²) in [5.74, 6) is -0.380. The first-order valence-corrected chi connectivity index (χ1v) is 5.60. The van der Waals surface area contributed by atoms with Crippen molar-refractivity contribution in [2.45, 2.75) is 31.5 Å². The molecule has 7 heteroatoms. The molecule has 1 rings (SSSR count). The van der Waals surface area contributed by atoms with Gasteiger partial charge in [0.15, 0.2) is 0 Å². The molecule has 17 heavy (non-hydrogen) atoms. The molecular weight excluding hydrogens is 237 g/mol. The van der Waals surface area contributed by atoms with E-state index in [2.05, 4.69) is 5.32 Å². The lowest BCUT2D eigenvalue weighted by molar-refractivity contribution is -0.149. The van der Waals surface area contributed by atoms with Crippen molar-refractivity contribution in [3.05, 3.63) is 0 Å². The van der Waals surface area contributed by atoms with E-state index in [1.807, 2.05) is 0 Å². The maximum absolute atomic E-state index is 12.2. The number of nitrogens with zero attached hydrogens (tertiary/aromatic N) is 1. The summed E-state index contributed by atoms with van der Waals surface area (Å²) in [7, 11) is 0. The van der Waals surface area contributed by atoms with Gasteiger partial charge in [0.2, 0.25) is 5.91 Å². The molecule has 0 aliphatic heterocycles. The lowest BCUT2D eigenvalue weighted by atomic mass is 10.3. The molecule has 0 aromatic heterocycles. The van der Waals surface area contributed by atoms with Gasteiger partial charge >= 0.3 is 6.18 Å². The molecule has 2 N–H and O–H groups in total. The first-order valence-electron chi connectivity index (χ1n) is 5.60. The third-order valence-electron chi connectivity index (χ3n) is 2.35. The van der Waals surface area contributed by atoms with Crippen molar-refractivity contribution in [3.63, 3.8) is 0 Å². The molecule has 0 bridgehead atoms. The van der Waals surface area contributed by atoms with Gasteiger partial charge in [0.1, 0.15) is 0 Å². The number of nitrogens with one attached hydrogen (secondary N) is 1. The van der Waals surface area contributed by atoms with Crippen LogP contribution in [0.1, 0.15) is 19.3 Å². The summed E-state index contributed by atoms with van der Waals surface area (Å²) < 4.78 is 36.7. The summed E-state index contributed by atoms with van der Waals surface area (Å²) in [6, 6.07) is 0.146. The van der Waals surface area contributed by atoms with E-state index < -0.39 is 12.7 Å². The second-order valence-corrected chi connectivity index (χ2v) is 4.24. The molecule has 0 atom stereocenters. The molecule has 1 saturated carbocycles. The Balaban J connectivity index is 2.34. The predicted molar refractivity (Wildman–Crippen MR) is 55.4 cm³/mol. The number of rotatable bonds is 7. The van der Waals surface area contributed by atoms with E-state index in [4.69, 9.17) is 5.11 Å². The molecule has 100 valence electrons. The Hall–Kier alpha value is -0.820. The third kappa shape index (κ3) is 7.17. The van der Waals surface area contributed by atoms with Crippen LogP contribution in [0.15, 0.2) is 0 Å². The van der Waals surface area contributed by atoms with Gasteiger partial charge in [-0.15, -0.1) is 0 Å². The van der Waals surface area contributed by atoms with Crippen LogP contribution in [-0.4, -0.2) is 54.4 Å². The van der Waals surface area contributed by atoms with Crippen LogP contribution in [0.3, 0.4) is 0 Å². The fourth-order valence-electron chi connectivity index (χ4n) is 1.47. The SMILES string of the molecule is O=C(CN(CCCO)CC(F)(F)F)NC1CC1.